The number of aromatic nitrogens is 4. The minimum absolute atomic E-state index is 0.00724. The number of tetrazole rings is 1. The predicted octanol–water partition coefficient (Wildman–Crippen LogP) is -0.353. The lowest BCUT2D eigenvalue weighted by Gasteiger charge is -2.10. The zero-order valence-corrected chi connectivity index (χ0v) is 8.41. The number of nitrogens with one attached hydrogen (secondary N) is 1. The van der Waals surface area contributed by atoms with Gasteiger partial charge in [0.2, 0.25) is 0 Å². The Labute approximate surface area is 90.8 Å². The van der Waals surface area contributed by atoms with Gasteiger partial charge in [-0.15, -0.1) is 5.10 Å². The van der Waals surface area contributed by atoms with Gasteiger partial charge in [0.25, 0.3) is 5.95 Å². The molecule has 7 nitrogen and oxygen atoms in total. The van der Waals surface area contributed by atoms with E-state index in [0.29, 0.717) is 11.3 Å². The molecule has 0 atom stereocenters. The molecule has 82 valence electrons. The lowest BCUT2D eigenvalue weighted by atomic mass is 10.2. The van der Waals surface area contributed by atoms with Crippen LogP contribution < -0.4 is 9.84 Å². The molecule has 0 amide bonds. The summed E-state index contributed by atoms with van der Waals surface area (Å²) in [5.74, 6) is 0.155. The Morgan fingerprint density at radius 3 is 3.06 bits per heavy atom. The summed E-state index contributed by atoms with van der Waals surface area (Å²) in [5, 5.41) is 24.3. The molecular formula is C9H8N5O2-. The summed E-state index contributed by atoms with van der Waals surface area (Å²) in [6, 6.07) is 6.67. The van der Waals surface area contributed by atoms with Gasteiger partial charge in [0.05, 0.1) is 7.11 Å². The fraction of sp³-hybridized carbons (Fsp3) is 0.111. The number of benzene rings is 1. The number of methoxy groups -OCH3 is 1. The maximum absolute atomic E-state index is 11.6. The summed E-state index contributed by atoms with van der Waals surface area (Å²) in [4.78, 5) is 3.65. The van der Waals surface area contributed by atoms with Gasteiger partial charge in [-0.05, 0) is 28.8 Å². The zero-order chi connectivity index (χ0) is 11.4. The van der Waals surface area contributed by atoms with Gasteiger partial charge in [0, 0.05) is 0 Å². The van der Waals surface area contributed by atoms with Crippen molar-refractivity contribution in [1.29, 1.82) is 0 Å². The van der Waals surface area contributed by atoms with Gasteiger partial charge in [-0.25, -0.2) is 4.99 Å². The van der Waals surface area contributed by atoms with Gasteiger partial charge in [0.1, 0.15) is 5.75 Å². The van der Waals surface area contributed by atoms with E-state index in [-0.39, 0.29) is 5.95 Å². The highest BCUT2D eigenvalue weighted by Crippen LogP contribution is 2.13. The van der Waals surface area contributed by atoms with Crippen molar-refractivity contribution >= 4 is 11.8 Å². The fourth-order valence-electron chi connectivity index (χ4n) is 1.12. The first-order chi connectivity index (χ1) is 7.79. The average molecular weight is 218 g/mol. The van der Waals surface area contributed by atoms with Crippen molar-refractivity contribution < 1.29 is 9.84 Å². The second-order valence-corrected chi connectivity index (χ2v) is 2.86. The van der Waals surface area contributed by atoms with Crippen LogP contribution in [0.25, 0.3) is 0 Å². The van der Waals surface area contributed by atoms with Crippen molar-refractivity contribution in [3.63, 3.8) is 0 Å². The van der Waals surface area contributed by atoms with Crippen LogP contribution in [0.3, 0.4) is 0 Å². The molecule has 0 unspecified atom stereocenters. The van der Waals surface area contributed by atoms with Crippen LogP contribution in [0.5, 0.6) is 5.75 Å². The van der Waals surface area contributed by atoms with Crippen molar-refractivity contribution in [2.24, 2.45) is 4.99 Å². The molecule has 16 heavy (non-hydrogen) atoms. The molecule has 0 aliphatic rings. The molecule has 0 bridgehead atoms. The highest BCUT2D eigenvalue weighted by atomic mass is 16.5. The van der Waals surface area contributed by atoms with E-state index in [1.807, 2.05) is 0 Å². The van der Waals surface area contributed by atoms with Crippen LogP contribution in [-0.2, 0) is 0 Å². The molecule has 0 radical (unpaired) electrons. The smallest absolute Gasteiger partial charge is 0.288 e. The second kappa shape index (κ2) is 4.39. The third kappa shape index (κ3) is 2.14. The molecule has 1 aromatic carbocycles. The summed E-state index contributed by atoms with van der Waals surface area (Å²) < 4.78 is 5.00. The van der Waals surface area contributed by atoms with Crippen LogP contribution in [0.2, 0.25) is 0 Å². The minimum atomic E-state index is -0.444. The first-order valence-corrected chi connectivity index (χ1v) is 4.43. The molecule has 0 aliphatic carbocycles. The highest BCUT2D eigenvalue weighted by Gasteiger charge is 1.97. The average Bonchev–Trinajstić information content (AvgIpc) is 2.82. The molecule has 2 rings (SSSR count). The summed E-state index contributed by atoms with van der Waals surface area (Å²) in [6.45, 7) is 0. The molecule has 0 saturated carbocycles. The van der Waals surface area contributed by atoms with E-state index in [9.17, 15) is 5.11 Å². The summed E-state index contributed by atoms with van der Waals surface area (Å²) in [5.41, 5.74) is 0.407. The normalized spacial score (nSPS) is 11.4. The highest BCUT2D eigenvalue weighted by molar-refractivity contribution is 5.92. The number of nitrogens with zero attached hydrogens (tertiary/aromatic N) is 4. The number of hydrogen-bond acceptors (Lipinski definition) is 6. The molecule has 0 fully saturated rings. The van der Waals surface area contributed by atoms with Gasteiger partial charge in [-0.2, -0.15) is 5.21 Å². The third-order valence-corrected chi connectivity index (χ3v) is 1.85. The van der Waals surface area contributed by atoms with E-state index in [0.717, 1.165) is 0 Å². The van der Waals surface area contributed by atoms with Crippen LogP contribution in [0.1, 0.15) is 5.56 Å². The number of ether oxygens (including phenoxy) is 1. The van der Waals surface area contributed by atoms with Crippen LogP contribution in [-0.4, -0.2) is 33.6 Å². The van der Waals surface area contributed by atoms with Crippen LogP contribution in [0.15, 0.2) is 29.3 Å². The van der Waals surface area contributed by atoms with Crippen LogP contribution in [0.4, 0.5) is 5.95 Å². The van der Waals surface area contributed by atoms with Crippen LogP contribution in [0, 0.1) is 0 Å². The molecule has 7 heteroatoms. The largest absolute Gasteiger partial charge is 0.858 e. The summed E-state index contributed by atoms with van der Waals surface area (Å²) in [7, 11) is 1.53. The Kier molecular flexibility index (Phi) is 2.77. The molecule has 1 aromatic heterocycles. The molecule has 0 spiro atoms. The monoisotopic (exact) mass is 218 g/mol. The second-order valence-electron chi connectivity index (χ2n) is 2.86. The lowest BCUT2D eigenvalue weighted by molar-refractivity contribution is -0.212. The Morgan fingerprint density at radius 1 is 1.50 bits per heavy atom. The molecular weight excluding hydrogens is 210 g/mol. The minimum Gasteiger partial charge on any atom is -0.858 e. The first kappa shape index (κ1) is 10.1. The molecule has 2 aromatic rings. The zero-order valence-electron chi connectivity index (χ0n) is 8.41. The fourth-order valence-corrected chi connectivity index (χ4v) is 1.12. The molecule has 1 N–H and O–H groups in total. The maximum atomic E-state index is 11.6. The van der Waals surface area contributed by atoms with Crippen molar-refractivity contribution in [2.45, 2.75) is 0 Å². The maximum Gasteiger partial charge on any atom is 0.288 e. The lowest BCUT2D eigenvalue weighted by Crippen LogP contribution is -2.18. The van der Waals surface area contributed by atoms with E-state index in [2.05, 4.69) is 25.6 Å². The Hall–Kier alpha value is -2.44. The Balaban J connectivity index is 2.29. The van der Waals surface area contributed by atoms with E-state index in [1.54, 1.807) is 24.3 Å². The van der Waals surface area contributed by atoms with Gasteiger partial charge >= 0.3 is 0 Å². The Morgan fingerprint density at radius 2 is 2.38 bits per heavy atom. The number of aromatic amines is 1. The standard InChI is InChI=1S/C9H9N5O2/c1-16-7-4-2-3-6(5-7)8(15)10-9-11-13-14-12-9/h2-5H,1H3,(H2,10,11,12,13,14,15)/p-1. The van der Waals surface area contributed by atoms with Crippen molar-refractivity contribution in [1.82, 2.24) is 20.6 Å². The van der Waals surface area contributed by atoms with Crippen molar-refractivity contribution in [2.75, 3.05) is 7.11 Å². The SMILES string of the molecule is COc1cccc(C([O-])=Nc2nn[nH]n2)c1. The third-order valence-electron chi connectivity index (χ3n) is 1.85. The molecule has 1 heterocycles. The van der Waals surface area contributed by atoms with Crippen molar-refractivity contribution in [3.8, 4) is 5.75 Å². The van der Waals surface area contributed by atoms with Crippen LogP contribution >= 0.6 is 0 Å². The Bertz CT molecular complexity index is 494. The number of aliphatic imine (C=N–C) groups is 1. The summed E-state index contributed by atoms with van der Waals surface area (Å²) in [6.07, 6.45) is 0. The first-order valence-electron chi connectivity index (χ1n) is 4.43. The molecule has 0 aliphatic heterocycles. The van der Waals surface area contributed by atoms with E-state index in [1.165, 1.54) is 7.11 Å². The topological polar surface area (TPSA) is 99.1 Å². The predicted molar refractivity (Wildman–Crippen MR) is 53.4 cm³/mol. The van der Waals surface area contributed by atoms with Gasteiger partial charge in [-0.3, -0.25) is 0 Å². The number of H-pyrrole nitrogens is 1. The summed E-state index contributed by atoms with van der Waals surface area (Å²) >= 11 is 0. The van der Waals surface area contributed by atoms with Crippen molar-refractivity contribution in [3.05, 3.63) is 29.8 Å². The van der Waals surface area contributed by atoms with Gasteiger partial charge in [0.15, 0.2) is 0 Å². The quantitative estimate of drug-likeness (QED) is 0.560. The van der Waals surface area contributed by atoms with E-state index < -0.39 is 5.90 Å². The van der Waals surface area contributed by atoms with E-state index >= 15 is 0 Å². The number of hydrogen-bond donors (Lipinski definition) is 1. The number of rotatable bonds is 3. The van der Waals surface area contributed by atoms with Gasteiger partial charge in [-0.1, -0.05) is 17.2 Å². The molecule has 0 saturated heterocycles. The van der Waals surface area contributed by atoms with E-state index in [4.69, 9.17) is 4.74 Å². The van der Waals surface area contributed by atoms with Gasteiger partial charge < -0.3 is 9.84 Å².